The van der Waals surface area contributed by atoms with Crippen molar-refractivity contribution in [3.63, 3.8) is 0 Å². The minimum Gasteiger partial charge on any atom is -0.383 e. The van der Waals surface area contributed by atoms with Crippen LogP contribution in [0.15, 0.2) is 24.3 Å². The second-order valence-electron chi connectivity index (χ2n) is 5.62. The highest BCUT2D eigenvalue weighted by Gasteiger charge is 2.21. The first-order valence-corrected chi connectivity index (χ1v) is 8.10. The number of likely N-dealkylation sites (tertiary alicyclic amines) is 1. The molecule has 0 aromatic heterocycles. The van der Waals surface area contributed by atoms with Gasteiger partial charge in [0, 0.05) is 26.7 Å². The molecule has 1 aromatic carbocycles. The van der Waals surface area contributed by atoms with Crippen LogP contribution >= 0.6 is 12.4 Å². The molecular weight excluding hydrogens is 330 g/mol. The molecule has 0 aliphatic carbocycles. The fourth-order valence-corrected chi connectivity index (χ4v) is 2.62. The summed E-state index contributed by atoms with van der Waals surface area (Å²) in [5.74, 6) is -0.173. The molecule has 2 N–H and O–H groups in total. The van der Waals surface area contributed by atoms with Gasteiger partial charge in [0.05, 0.1) is 24.4 Å². The Morgan fingerprint density at radius 2 is 1.88 bits per heavy atom. The number of ether oxygens (including phenoxy) is 1. The van der Waals surface area contributed by atoms with Crippen molar-refractivity contribution in [2.24, 2.45) is 0 Å². The first-order chi connectivity index (χ1) is 11.2. The van der Waals surface area contributed by atoms with Crippen molar-refractivity contribution in [2.45, 2.75) is 19.3 Å². The summed E-state index contributed by atoms with van der Waals surface area (Å²) < 4.78 is 4.92. The normalized spacial score (nSPS) is 14.0. The molecule has 134 valence electrons. The highest BCUT2D eigenvalue weighted by atomic mass is 35.5. The summed E-state index contributed by atoms with van der Waals surface area (Å²) in [5, 5.41) is 5.80. The molecule has 1 aromatic rings. The van der Waals surface area contributed by atoms with Gasteiger partial charge in [-0.1, -0.05) is 12.1 Å². The molecule has 0 bridgehead atoms. The number of benzene rings is 1. The zero-order valence-corrected chi connectivity index (χ0v) is 14.9. The molecule has 1 fully saturated rings. The number of nitrogens with one attached hydrogen (secondary N) is 2. The average molecular weight is 356 g/mol. The highest BCUT2D eigenvalue weighted by molar-refractivity contribution is 6.04. The van der Waals surface area contributed by atoms with E-state index in [4.69, 9.17) is 4.74 Å². The van der Waals surface area contributed by atoms with E-state index in [1.807, 2.05) is 17.0 Å². The number of nitrogens with zero attached hydrogens (tertiary/aromatic N) is 1. The van der Waals surface area contributed by atoms with E-state index < -0.39 is 0 Å². The van der Waals surface area contributed by atoms with E-state index in [0.717, 1.165) is 25.9 Å². The van der Waals surface area contributed by atoms with Crippen LogP contribution in [-0.2, 0) is 9.53 Å². The van der Waals surface area contributed by atoms with Gasteiger partial charge in [0.15, 0.2) is 0 Å². The summed E-state index contributed by atoms with van der Waals surface area (Å²) >= 11 is 0. The lowest BCUT2D eigenvalue weighted by Gasteiger charge is -2.27. The van der Waals surface area contributed by atoms with Crippen LogP contribution in [0.25, 0.3) is 0 Å². The molecule has 2 rings (SSSR count). The summed E-state index contributed by atoms with van der Waals surface area (Å²) in [5.41, 5.74) is 1.13. The molecule has 0 spiro atoms. The minimum atomic E-state index is -0.167. The van der Waals surface area contributed by atoms with Gasteiger partial charge in [-0.05, 0) is 31.4 Å². The molecule has 1 saturated heterocycles. The molecule has 7 heteroatoms. The minimum absolute atomic E-state index is 0. The van der Waals surface area contributed by atoms with Crippen molar-refractivity contribution in [3.05, 3.63) is 29.8 Å². The van der Waals surface area contributed by atoms with Crippen LogP contribution in [0.3, 0.4) is 0 Å². The second kappa shape index (κ2) is 11.0. The maximum atomic E-state index is 12.6. The quantitative estimate of drug-likeness (QED) is 0.733. The number of hydrogen-bond donors (Lipinski definition) is 2. The zero-order valence-electron chi connectivity index (χ0n) is 14.0. The number of carbonyl (C=O) groups excluding carboxylic acids is 2. The molecule has 6 nitrogen and oxygen atoms in total. The molecule has 0 saturated carbocycles. The van der Waals surface area contributed by atoms with E-state index in [1.165, 1.54) is 6.42 Å². The number of halogens is 1. The SMILES string of the molecule is COCCNCC(=O)Nc1ccccc1C(=O)N1CCCCC1.Cl. The van der Waals surface area contributed by atoms with Crippen LogP contribution < -0.4 is 10.6 Å². The van der Waals surface area contributed by atoms with Crippen LogP contribution in [0.1, 0.15) is 29.6 Å². The third-order valence-electron chi connectivity index (χ3n) is 3.84. The van der Waals surface area contributed by atoms with E-state index >= 15 is 0 Å². The third-order valence-corrected chi connectivity index (χ3v) is 3.84. The molecular formula is C17H26ClN3O3. The Morgan fingerprint density at radius 3 is 2.58 bits per heavy atom. The van der Waals surface area contributed by atoms with Crippen molar-refractivity contribution >= 4 is 29.9 Å². The molecule has 0 radical (unpaired) electrons. The van der Waals surface area contributed by atoms with Gasteiger partial charge in [0.2, 0.25) is 5.91 Å². The number of methoxy groups -OCH3 is 1. The maximum Gasteiger partial charge on any atom is 0.255 e. The first kappa shape index (κ1) is 20.4. The summed E-state index contributed by atoms with van der Waals surface area (Å²) in [4.78, 5) is 26.5. The molecule has 0 atom stereocenters. The van der Waals surface area contributed by atoms with Crippen molar-refractivity contribution in [3.8, 4) is 0 Å². The number of anilines is 1. The predicted octanol–water partition coefficient (Wildman–Crippen LogP) is 1.91. The van der Waals surface area contributed by atoms with Gasteiger partial charge in [-0.15, -0.1) is 12.4 Å². The number of para-hydroxylation sites is 1. The Morgan fingerprint density at radius 1 is 1.17 bits per heavy atom. The topological polar surface area (TPSA) is 70.7 Å². The third kappa shape index (κ3) is 6.11. The van der Waals surface area contributed by atoms with Crippen molar-refractivity contribution < 1.29 is 14.3 Å². The maximum absolute atomic E-state index is 12.6. The molecule has 1 aliphatic heterocycles. The molecule has 0 unspecified atom stereocenters. The Bertz CT molecular complexity index is 534. The van der Waals surface area contributed by atoms with E-state index in [9.17, 15) is 9.59 Å². The van der Waals surface area contributed by atoms with E-state index in [1.54, 1.807) is 19.2 Å². The smallest absolute Gasteiger partial charge is 0.255 e. The summed E-state index contributed by atoms with van der Waals surface area (Å²) in [6.45, 7) is 2.94. The van der Waals surface area contributed by atoms with E-state index in [0.29, 0.717) is 24.4 Å². The number of amides is 2. The van der Waals surface area contributed by atoms with Gasteiger partial charge in [0.1, 0.15) is 0 Å². The van der Waals surface area contributed by atoms with E-state index in [-0.39, 0.29) is 30.8 Å². The Labute approximate surface area is 149 Å². The monoisotopic (exact) mass is 355 g/mol. The summed E-state index contributed by atoms with van der Waals surface area (Å²) in [7, 11) is 1.62. The van der Waals surface area contributed by atoms with Crippen LogP contribution in [0.5, 0.6) is 0 Å². The standard InChI is InChI=1S/C17H25N3O3.ClH/c1-23-12-9-18-13-16(21)19-15-8-4-3-7-14(15)17(22)20-10-5-2-6-11-20;/h3-4,7-8,18H,2,5-6,9-13H2,1H3,(H,19,21);1H. The lowest BCUT2D eigenvalue weighted by Crippen LogP contribution is -2.36. The van der Waals surface area contributed by atoms with E-state index in [2.05, 4.69) is 10.6 Å². The van der Waals surface area contributed by atoms with Crippen LogP contribution in [0, 0.1) is 0 Å². The van der Waals surface area contributed by atoms with Crippen molar-refractivity contribution in [2.75, 3.05) is 45.2 Å². The number of carbonyl (C=O) groups is 2. The Hall–Kier alpha value is -1.63. The number of rotatable bonds is 7. The fourth-order valence-electron chi connectivity index (χ4n) is 2.62. The number of piperidine rings is 1. The average Bonchev–Trinajstić information content (AvgIpc) is 2.59. The number of hydrogen-bond acceptors (Lipinski definition) is 4. The summed E-state index contributed by atoms with van der Waals surface area (Å²) in [6.07, 6.45) is 3.27. The van der Waals surface area contributed by atoms with Crippen molar-refractivity contribution in [1.29, 1.82) is 0 Å². The fraction of sp³-hybridized carbons (Fsp3) is 0.529. The van der Waals surface area contributed by atoms with Crippen LogP contribution in [0.4, 0.5) is 5.69 Å². The van der Waals surface area contributed by atoms with Gasteiger partial charge in [0.25, 0.3) is 5.91 Å². The van der Waals surface area contributed by atoms with Gasteiger partial charge >= 0.3 is 0 Å². The molecule has 1 heterocycles. The van der Waals surface area contributed by atoms with Gasteiger partial charge in [-0.25, -0.2) is 0 Å². The Balaban J connectivity index is 0.00000288. The van der Waals surface area contributed by atoms with Gasteiger partial charge in [-0.3, -0.25) is 9.59 Å². The van der Waals surface area contributed by atoms with Gasteiger partial charge < -0.3 is 20.3 Å². The zero-order chi connectivity index (χ0) is 16.5. The lowest BCUT2D eigenvalue weighted by atomic mass is 10.1. The molecule has 2 amide bonds. The predicted molar refractivity (Wildman–Crippen MR) is 96.8 cm³/mol. The molecule has 24 heavy (non-hydrogen) atoms. The first-order valence-electron chi connectivity index (χ1n) is 8.10. The second-order valence-corrected chi connectivity index (χ2v) is 5.62. The van der Waals surface area contributed by atoms with Crippen LogP contribution in [0.2, 0.25) is 0 Å². The summed E-state index contributed by atoms with van der Waals surface area (Å²) in [6, 6.07) is 7.18. The largest absolute Gasteiger partial charge is 0.383 e. The van der Waals surface area contributed by atoms with Crippen molar-refractivity contribution in [1.82, 2.24) is 10.2 Å². The Kier molecular flexibility index (Phi) is 9.37. The molecule has 1 aliphatic rings. The van der Waals surface area contributed by atoms with Gasteiger partial charge in [-0.2, -0.15) is 0 Å². The highest BCUT2D eigenvalue weighted by Crippen LogP contribution is 2.19. The lowest BCUT2D eigenvalue weighted by molar-refractivity contribution is -0.115. The van der Waals surface area contributed by atoms with Crippen LogP contribution in [-0.4, -0.2) is 56.6 Å².